The van der Waals surface area contributed by atoms with Crippen molar-refractivity contribution in [2.75, 3.05) is 0 Å². The minimum atomic E-state index is -0.329. The molecule has 0 radical (unpaired) electrons. The van der Waals surface area contributed by atoms with Crippen LogP contribution in [0.3, 0.4) is 0 Å². The minimum Gasteiger partial charge on any atom is -0.292 e. The number of rotatable bonds is 5. The number of para-hydroxylation sites is 2. The van der Waals surface area contributed by atoms with Gasteiger partial charge in [-0.1, -0.05) is 70.2 Å². The number of nitrogens with zero attached hydrogens (tertiary/aromatic N) is 2. The molecule has 5 heteroatoms. The normalized spacial score (nSPS) is 12.0. The molecule has 2 aromatic heterocycles. The van der Waals surface area contributed by atoms with E-state index in [1.807, 2.05) is 30.3 Å². The maximum Gasteiger partial charge on any atom is 0.147 e. The molecule has 0 saturated heterocycles. The number of halogens is 2. The molecule has 0 aliphatic heterocycles. The highest BCUT2D eigenvalue weighted by atomic mass is 32.1. The van der Waals surface area contributed by atoms with Gasteiger partial charge >= 0.3 is 0 Å². The number of fused-ring (bicyclic) bond motifs is 4. The van der Waals surface area contributed by atoms with Crippen LogP contribution in [0, 0.1) is 11.6 Å². The Balaban J connectivity index is 1.60. The molecule has 0 atom stereocenters. The first-order valence-corrected chi connectivity index (χ1v) is 15.1. The van der Waals surface area contributed by atoms with E-state index in [-0.39, 0.29) is 23.5 Å². The molecule has 0 spiro atoms. The molecule has 7 aromatic rings. The molecular weight excluding hydrogens is 542 g/mol. The summed E-state index contributed by atoms with van der Waals surface area (Å²) in [5, 5.41) is 1.23. The maximum absolute atomic E-state index is 15.4. The van der Waals surface area contributed by atoms with Crippen molar-refractivity contribution in [3.8, 4) is 28.2 Å². The monoisotopic (exact) mass is 572 g/mol. The molecule has 0 saturated carbocycles. The third kappa shape index (κ3) is 4.23. The van der Waals surface area contributed by atoms with Crippen LogP contribution < -0.4 is 0 Å². The van der Waals surface area contributed by atoms with Crippen LogP contribution in [0.1, 0.15) is 50.7 Å². The highest BCUT2D eigenvalue weighted by Gasteiger charge is 2.25. The summed E-state index contributed by atoms with van der Waals surface area (Å²) in [5.41, 5.74) is 8.63. The minimum absolute atomic E-state index is 0.232. The molecule has 42 heavy (non-hydrogen) atoms. The van der Waals surface area contributed by atoms with Gasteiger partial charge in [-0.25, -0.2) is 13.8 Å². The summed E-state index contributed by atoms with van der Waals surface area (Å²) >= 11 is 1.41. The van der Waals surface area contributed by atoms with Gasteiger partial charge in [-0.3, -0.25) is 4.57 Å². The lowest BCUT2D eigenvalue weighted by molar-refractivity contribution is 0.629. The zero-order valence-electron chi connectivity index (χ0n) is 24.0. The van der Waals surface area contributed by atoms with E-state index in [4.69, 9.17) is 4.98 Å². The van der Waals surface area contributed by atoms with E-state index in [1.165, 1.54) is 51.8 Å². The van der Waals surface area contributed by atoms with Crippen molar-refractivity contribution in [2.24, 2.45) is 0 Å². The molecule has 0 fully saturated rings. The lowest BCUT2D eigenvalue weighted by Crippen LogP contribution is -2.09. The summed E-state index contributed by atoms with van der Waals surface area (Å²) < 4.78 is 33.4. The topological polar surface area (TPSA) is 17.8 Å². The van der Waals surface area contributed by atoms with Gasteiger partial charge < -0.3 is 0 Å². The fourth-order valence-electron chi connectivity index (χ4n) is 6.04. The highest BCUT2D eigenvalue weighted by Crippen LogP contribution is 2.44. The highest BCUT2D eigenvalue weighted by molar-refractivity contribution is 7.26. The first kappa shape index (κ1) is 26.5. The fraction of sp³-hybridized carbons (Fsp3) is 0.162. The predicted octanol–water partition coefficient (Wildman–Crippen LogP) is 11.3. The number of hydrogen-bond donors (Lipinski definition) is 0. The van der Waals surface area contributed by atoms with Crippen LogP contribution >= 0.6 is 11.3 Å². The van der Waals surface area contributed by atoms with E-state index in [9.17, 15) is 4.39 Å². The third-order valence-corrected chi connectivity index (χ3v) is 9.26. The average molecular weight is 573 g/mol. The van der Waals surface area contributed by atoms with Gasteiger partial charge in [0, 0.05) is 25.7 Å². The fourth-order valence-corrected chi connectivity index (χ4v) is 7.29. The first-order valence-electron chi connectivity index (χ1n) is 14.3. The standard InChI is InChI=1S/C37H30F2N2S/c1-21(2)28-18-24(23-10-6-5-7-11-23)19-29(22(3)4)35(28)41-32-13-9-8-12-31(32)40-37(41)27-16-17-30(39)34-26-15-14-25(38)20-33(26)42-36(27)34/h5-22H,1-4H3. The molecule has 2 nitrogen and oxygen atoms in total. The van der Waals surface area contributed by atoms with Crippen molar-refractivity contribution in [2.45, 2.75) is 39.5 Å². The van der Waals surface area contributed by atoms with Crippen LogP contribution in [0.4, 0.5) is 8.78 Å². The zero-order valence-corrected chi connectivity index (χ0v) is 24.8. The van der Waals surface area contributed by atoms with Crippen LogP contribution in [-0.2, 0) is 0 Å². The van der Waals surface area contributed by atoms with E-state index >= 15 is 4.39 Å². The van der Waals surface area contributed by atoms with E-state index in [1.54, 1.807) is 6.07 Å². The average Bonchev–Trinajstić information content (AvgIpc) is 3.56. The van der Waals surface area contributed by atoms with Gasteiger partial charge in [0.25, 0.3) is 0 Å². The van der Waals surface area contributed by atoms with Crippen LogP contribution in [0.2, 0.25) is 0 Å². The number of imidazole rings is 1. The van der Waals surface area contributed by atoms with Crippen molar-refractivity contribution >= 4 is 42.5 Å². The Labute approximate surface area is 247 Å². The van der Waals surface area contributed by atoms with Crippen LogP contribution in [0.15, 0.2) is 97.1 Å². The van der Waals surface area contributed by atoms with Crippen LogP contribution in [0.5, 0.6) is 0 Å². The Bertz CT molecular complexity index is 2090. The van der Waals surface area contributed by atoms with Crippen molar-refractivity contribution in [1.29, 1.82) is 0 Å². The van der Waals surface area contributed by atoms with E-state index < -0.39 is 0 Å². The molecule has 0 aliphatic rings. The van der Waals surface area contributed by atoms with Gasteiger partial charge in [-0.2, -0.15) is 0 Å². The SMILES string of the molecule is CC(C)c1cc(-c2ccccc2)cc(C(C)C)c1-n1c(-c2ccc(F)c3c2sc2cc(F)ccc23)nc2ccccc21. The summed E-state index contributed by atoms with van der Waals surface area (Å²) in [4.78, 5) is 5.18. The van der Waals surface area contributed by atoms with Crippen LogP contribution in [-0.4, -0.2) is 9.55 Å². The van der Waals surface area contributed by atoms with Crippen LogP contribution in [0.25, 0.3) is 59.4 Å². The molecular formula is C37H30F2N2S. The Morgan fingerprint density at radius 2 is 1.40 bits per heavy atom. The van der Waals surface area contributed by atoms with Gasteiger partial charge in [0.05, 0.1) is 16.7 Å². The largest absolute Gasteiger partial charge is 0.292 e. The molecule has 0 bridgehead atoms. The molecule has 0 N–H and O–H groups in total. The summed E-state index contributed by atoms with van der Waals surface area (Å²) in [5.74, 6) is 0.577. The van der Waals surface area contributed by atoms with Gasteiger partial charge in [0.2, 0.25) is 0 Å². The van der Waals surface area contributed by atoms with Crippen molar-refractivity contribution in [3.63, 3.8) is 0 Å². The van der Waals surface area contributed by atoms with Gasteiger partial charge in [-0.15, -0.1) is 11.3 Å². The summed E-state index contributed by atoms with van der Waals surface area (Å²) in [6, 6.07) is 31.2. The summed E-state index contributed by atoms with van der Waals surface area (Å²) in [6.07, 6.45) is 0. The number of aromatic nitrogens is 2. The zero-order chi connectivity index (χ0) is 29.1. The van der Waals surface area contributed by atoms with Crippen molar-refractivity contribution in [1.82, 2.24) is 9.55 Å². The van der Waals surface area contributed by atoms with E-state index in [2.05, 4.69) is 74.7 Å². The second-order valence-corrected chi connectivity index (χ2v) is 12.5. The maximum atomic E-state index is 15.4. The number of benzene rings is 5. The van der Waals surface area contributed by atoms with Gasteiger partial charge in [0.15, 0.2) is 0 Å². The smallest absolute Gasteiger partial charge is 0.147 e. The quantitative estimate of drug-likeness (QED) is 0.201. The molecule has 5 aromatic carbocycles. The van der Waals surface area contributed by atoms with Crippen molar-refractivity contribution < 1.29 is 8.78 Å². The van der Waals surface area contributed by atoms with E-state index in [0.29, 0.717) is 5.39 Å². The molecule has 0 aliphatic carbocycles. The Hall–Kier alpha value is -4.35. The first-order chi connectivity index (χ1) is 20.3. The summed E-state index contributed by atoms with van der Waals surface area (Å²) in [7, 11) is 0. The molecule has 0 unspecified atom stereocenters. The van der Waals surface area contributed by atoms with E-state index in [0.717, 1.165) is 42.9 Å². The molecule has 0 amide bonds. The second kappa shape index (κ2) is 10.2. The third-order valence-electron chi connectivity index (χ3n) is 8.08. The predicted molar refractivity (Wildman–Crippen MR) is 173 cm³/mol. The Morgan fingerprint density at radius 3 is 2.12 bits per heavy atom. The second-order valence-electron chi connectivity index (χ2n) is 11.5. The number of hydrogen-bond acceptors (Lipinski definition) is 2. The Morgan fingerprint density at radius 1 is 0.714 bits per heavy atom. The number of thiophene rings is 1. The van der Waals surface area contributed by atoms with Crippen molar-refractivity contribution in [3.05, 3.63) is 120 Å². The lowest BCUT2D eigenvalue weighted by Gasteiger charge is -2.24. The molecule has 2 heterocycles. The summed E-state index contributed by atoms with van der Waals surface area (Å²) in [6.45, 7) is 8.92. The lowest BCUT2D eigenvalue weighted by atomic mass is 9.88. The molecule has 7 rings (SSSR count). The molecule has 208 valence electrons. The Kier molecular flexibility index (Phi) is 6.43. The van der Waals surface area contributed by atoms with Gasteiger partial charge in [0.1, 0.15) is 17.5 Å². The van der Waals surface area contributed by atoms with Gasteiger partial charge in [-0.05, 0) is 88.7 Å².